The van der Waals surface area contributed by atoms with Crippen molar-refractivity contribution in [3.05, 3.63) is 29.8 Å². The van der Waals surface area contributed by atoms with E-state index in [2.05, 4.69) is 5.32 Å². The number of carbonyl (C=O) groups excluding carboxylic acids is 1. The fourth-order valence-electron chi connectivity index (χ4n) is 3.95. The van der Waals surface area contributed by atoms with Gasteiger partial charge < -0.3 is 15.2 Å². The van der Waals surface area contributed by atoms with Crippen LogP contribution in [0.4, 0.5) is 0 Å². The Morgan fingerprint density at radius 3 is 2.68 bits per heavy atom. The zero-order valence-electron chi connectivity index (χ0n) is 12.3. The summed E-state index contributed by atoms with van der Waals surface area (Å²) in [5.41, 5.74) is -0.0761. The number of hydrogen-bond acceptors (Lipinski definition) is 3. The smallest absolute Gasteiger partial charge is 0.329 e. The zero-order valence-corrected chi connectivity index (χ0v) is 12.3. The highest BCUT2D eigenvalue weighted by Gasteiger charge is 2.62. The standard InChI is InChI=1S/C17H19NO4/c19-14(18-17(15(20)21)6-3-7-17)12-10-16(12)8-9-22-13-5-2-1-4-11(13)16/h1-2,4-5,12H,3,6-10H2,(H,18,19)(H,20,21)/t12-,16-/m0/s1. The molecule has 116 valence electrons. The summed E-state index contributed by atoms with van der Waals surface area (Å²) in [6.45, 7) is 0.616. The summed E-state index contributed by atoms with van der Waals surface area (Å²) in [7, 11) is 0. The van der Waals surface area contributed by atoms with Gasteiger partial charge in [0.1, 0.15) is 11.3 Å². The third-order valence-electron chi connectivity index (χ3n) is 5.60. The Labute approximate surface area is 128 Å². The van der Waals surface area contributed by atoms with Gasteiger partial charge in [-0.05, 0) is 38.2 Å². The van der Waals surface area contributed by atoms with Crippen LogP contribution in [0.1, 0.15) is 37.7 Å². The number of para-hydroxylation sites is 1. The van der Waals surface area contributed by atoms with Crippen molar-refractivity contribution in [3.8, 4) is 5.75 Å². The predicted molar refractivity (Wildman–Crippen MR) is 78.7 cm³/mol. The average molecular weight is 301 g/mol. The third kappa shape index (κ3) is 1.77. The molecule has 0 bridgehead atoms. The van der Waals surface area contributed by atoms with Crippen molar-refractivity contribution < 1.29 is 19.4 Å². The second-order valence-corrected chi connectivity index (χ2v) is 6.74. The van der Waals surface area contributed by atoms with Crippen molar-refractivity contribution in [3.63, 3.8) is 0 Å². The summed E-state index contributed by atoms with van der Waals surface area (Å²) in [5.74, 6) is -0.289. The van der Waals surface area contributed by atoms with Gasteiger partial charge in [-0.25, -0.2) is 4.79 Å². The van der Waals surface area contributed by atoms with E-state index in [9.17, 15) is 14.7 Å². The van der Waals surface area contributed by atoms with Crippen molar-refractivity contribution in [2.24, 2.45) is 5.92 Å². The quantitative estimate of drug-likeness (QED) is 0.893. The second kappa shape index (κ2) is 4.48. The normalized spacial score (nSPS) is 30.6. The molecule has 0 aromatic heterocycles. The molecule has 0 unspecified atom stereocenters. The van der Waals surface area contributed by atoms with Crippen molar-refractivity contribution in [2.45, 2.75) is 43.1 Å². The fourth-order valence-corrected chi connectivity index (χ4v) is 3.95. The number of rotatable bonds is 3. The molecular formula is C17H19NO4. The average Bonchev–Trinajstić information content (AvgIpc) is 3.18. The largest absolute Gasteiger partial charge is 0.493 e. The van der Waals surface area contributed by atoms with Crippen LogP contribution in [0.15, 0.2) is 24.3 Å². The van der Waals surface area contributed by atoms with Crippen molar-refractivity contribution in [1.82, 2.24) is 5.32 Å². The number of amides is 1. The minimum atomic E-state index is -1.02. The SMILES string of the molecule is O=C(NC1(C(=O)O)CCC1)[C@@H]1C[C@]12CCOc1ccccc12. The van der Waals surface area contributed by atoms with Gasteiger partial charge in [-0.3, -0.25) is 4.79 Å². The van der Waals surface area contributed by atoms with Gasteiger partial charge in [0, 0.05) is 16.9 Å². The van der Waals surface area contributed by atoms with Crippen LogP contribution in [0.2, 0.25) is 0 Å². The van der Waals surface area contributed by atoms with Gasteiger partial charge >= 0.3 is 5.97 Å². The third-order valence-corrected chi connectivity index (χ3v) is 5.60. The Morgan fingerprint density at radius 2 is 2.00 bits per heavy atom. The van der Waals surface area contributed by atoms with Crippen LogP contribution in [-0.2, 0) is 15.0 Å². The van der Waals surface area contributed by atoms with Crippen LogP contribution in [0.3, 0.4) is 0 Å². The molecule has 2 atom stereocenters. The number of carboxylic acids is 1. The van der Waals surface area contributed by atoms with Crippen LogP contribution in [-0.4, -0.2) is 29.1 Å². The van der Waals surface area contributed by atoms with Crippen molar-refractivity contribution in [1.29, 1.82) is 0 Å². The molecule has 0 saturated heterocycles. The Bertz CT molecular complexity index is 652. The Hall–Kier alpha value is -2.04. The van der Waals surface area contributed by atoms with Gasteiger partial charge in [0.2, 0.25) is 5.91 Å². The van der Waals surface area contributed by atoms with E-state index in [1.54, 1.807) is 0 Å². The van der Waals surface area contributed by atoms with Gasteiger partial charge in [0.05, 0.1) is 6.61 Å². The predicted octanol–water partition coefficient (Wildman–Crippen LogP) is 1.85. The number of aliphatic carboxylic acids is 1. The monoisotopic (exact) mass is 301 g/mol. The number of nitrogens with one attached hydrogen (secondary N) is 1. The molecule has 2 N–H and O–H groups in total. The van der Waals surface area contributed by atoms with E-state index in [-0.39, 0.29) is 17.2 Å². The van der Waals surface area contributed by atoms with Gasteiger partial charge in [-0.2, -0.15) is 0 Å². The molecule has 1 spiro atoms. The van der Waals surface area contributed by atoms with Gasteiger partial charge in [0.25, 0.3) is 0 Å². The van der Waals surface area contributed by atoms with Gasteiger partial charge in [0.15, 0.2) is 0 Å². The van der Waals surface area contributed by atoms with Gasteiger partial charge in [-0.15, -0.1) is 0 Å². The minimum Gasteiger partial charge on any atom is -0.493 e. The molecule has 1 aliphatic heterocycles. The molecular weight excluding hydrogens is 282 g/mol. The lowest BCUT2D eigenvalue weighted by Gasteiger charge is -2.38. The Balaban J connectivity index is 1.55. The van der Waals surface area contributed by atoms with Crippen LogP contribution < -0.4 is 10.1 Å². The molecule has 2 saturated carbocycles. The summed E-state index contributed by atoms with van der Waals surface area (Å²) in [5, 5.41) is 12.2. The van der Waals surface area contributed by atoms with Crippen LogP contribution in [0, 0.1) is 5.92 Å². The zero-order chi connectivity index (χ0) is 15.4. The highest BCUT2D eigenvalue weighted by atomic mass is 16.5. The number of hydrogen-bond donors (Lipinski definition) is 2. The maximum Gasteiger partial charge on any atom is 0.329 e. The number of ether oxygens (including phenoxy) is 1. The maximum atomic E-state index is 12.6. The second-order valence-electron chi connectivity index (χ2n) is 6.74. The molecule has 1 heterocycles. The van der Waals surface area contributed by atoms with E-state index in [1.807, 2.05) is 24.3 Å². The van der Waals surface area contributed by atoms with E-state index in [0.717, 1.165) is 30.6 Å². The molecule has 2 fully saturated rings. The summed E-state index contributed by atoms with van der Waals surface area (Å²) in [4.78, 5) is 24.0. The van der Waals surface area contributed by atoms with Crippen molar-refractivity contribution in [2.75, 3.05) is 6.61 Å². The molecule has 1 aromatic rings. The molecule has 0 radical (unpaired) electrons. The molecule has 1 amide bonds. The number of benzene rings is 1. The Morgan fingerprint density at radius 1 is 1.23 bits per heavy atom. The van der Waals surface area contributed by atoms with Crippen LogP contribution in [0.5, 0.6) is 5.75 Å². The van der Waals surface area contributed by atoms with Crippen LogP contribution in [0.25, 0.3) is 0 Å². The molecule has 2 aliphatic carbocycles. The molecule has 5 heteroatoms. The first-order chi connectivity index (χ1) is 10.6. The lowest BCUT2D eigenvalue weighted by atomic mass is 9.76. The fraction of sp³-hybridized carbons (Fsp3) is 0.529. The number of fused-ring (bicyclic) bond motifs is 2. The maximum absolute atomic E-state index is 12.6. The summed E-state index contributed by atoms with van der Waals surface area (Å²) in [6, 6.07) is 7.86. The Kier molecular flexibility index (Phi) is 2.77. The minimum absolute atomic E-state index is 0.112. The lowest BCUT2D eigenvalue weighted by Crippen LogP contribution is -2.59. The van der Waals surface area contributed by atoms with E-state index >= 15 is 0 Å². The summed E-state index contributed by atoms with van der Waals surface area (Å²) in [6.07, 6.45) is 3.54. The highest BCUT2D eigenvalue weighted by Crippen LogP contribution is 2.60. The first kappa shape index (κ1) is 13.6. The highest BCUT2D eigenvalue weighted by molar-refractivity contribution is 5.91. The van der Waals surface area contributed by atoms with E-state index in [4.69, 9.17) is 4.74 Å². The van der Waals surface area contributed by atoms with Crippen molar-refractivity contribution >= 4 is 11.9 Å². The lowest BCUT2D eigenvalue weighted by molar-refractivity contribution is -0.152. The molecule has 4 rings (SSSR count). The van der Waals surface area contributed by atoms with Crippen LogP contribution >= 0.6 is 0 Å². The molecule has 3 aliphatic rings. The molecule has 22 heavy (non-hydrogen) atoms. The van der Waals surface area contributed by atoms with Gasteiger partial charge in [-0.1, -0.05) is 18.2 Å². The molecule has 5 nitrogen and oxygen atoms in total. The first-order valence-corrected chi connectivity index (χ1v) is 7.85. The summed E-state index contributed by atoms with van der Waals surface area (Å²) < 4.78 is 5.67. The van der Waals surface area contributed by atoms with E-state index < -0.39 is 11.5 Å². The first-order valence-electron chi connectivity index (χ1n) is 7.85. The molecule has 1 aromatic carbocycles. The van der Waals surface area contributed by atoms with E-state index in [1.165, 1.54) is 0 Å². The number of carboxylic acid groups (broad SMARTS) is 1. The summed E-state index contributed by atoms with van der Waals surface area (Å²) >= 11 is 0. The topological polar surface area (TPSA) is 75.6 Å². The number of carbonyl (C=O) groups is 2. The van der Waals surface area contributed by atoms with E-state index in [0.29, 0.717) is 19.4 Å².